The fourth-order valence-electron chi connectivity index (χ4n) is 3.69. The zero-order chi connectivity index (χ0) is 19.6. The van der Waals surface area contributed by atoms with Gasteiger partial charge in [0, 0.05) is 19.1 Å². The average Bonchev–Trinajstić information content (AvgIpc) is 3.13. The summed E-state index contributed by atoms with van der Waals surface area (Å²) >= 11 is 0. The molecule has 1 aliphatic heterocycles. The molecule has 2 N–H and O–H groups in total. The minimum absolute atomic E-state index is 0.203. The first-order chi connectivity index (χ1) is 13.1. The maximum absolute atomic E-state index is 5.38. The van der Waals surface area contributed by atoms with Gasteiger partial charge in [0.2, 0.25) is 0 Å². The van der Waals surface area contributed by atoms with Crippen molar-refractivity contribution in [3.63, 3.8) is 0 Å². The molecule has 6 heteroatoms. The van der Waals surface area contributed by atoms with E-state index >= 15 is 0 Å². The largest absolute Gasteiger partial charge is 0.497 e. The number of aliphatic imine (C=N–C) groups is 1. The van der Waals surface area contributed by atoms with E-state index in [9.17, 15) is 0 Å². The number of benzene rings is 1. The summed E-state index contributed by atoms with van der Waals surface area (Å²) in [5.74, 6) is 1.78. The van der Waals surface area contributed by atoms with E-state index < -0.39 is 0 Å². The Kier molecular flexibility index (Phi) is 8.88. The predicted molar refractivity (Wildman–Crippen MR) is 114 cm³/mol. The highest BCUT2D eigenvalue weighted by molar-refractivity contribution is 5.79. The number of ether oxygens (including phenoxy) is 1. The fourth-order valence-corrected chi connectivity index (χ4v) is 3.69. The minimum atomic E-state index is 0.203. The fraction of sp³-hybridized carbons (Fsp3) is 0.667. The Morgan fingerprint density at radius 1 is 1.33 bits per heavy atom. The van der Waals surface area contributed by atoms with Gasteiger partial charge < -0.3 is 20.3 Å². The van der Waals surface area contributed by atoms with E-state index in [1.807, 2.05) is 12.1 Å². The molecule has 152 valence electrons. The Morgan fingerprint density at radius 2 is 2.15 bits per heavy atom. The molecule has 0 bridgehead atoms. The summed E-state index contributed by atoms with van der Waals surface area (Å²) in [5, 5.41) is 6.93. The number of likely N-dealkylation sites (N-methyl/N-ethyl adjacent to an activating group) is 2. The van der Waals surface area contributed by atoms with Crippen LogP contribution in [-0.4, -0.2) is 75.7 Å². The number of nitrogens with one attached hydrogen (secondary N) is 2. The first-order valence-electron chi connectivity index (χ1n) is 10.2. The van der Waals surface area contributed by atoms with Crippen LogP contribution in [0.25, 0.3) is 0 Å². The van der Waals surface area contributed by atoms with Gasteiger partial charge in [0.15, 0.2) is 5.96 Å². The van der Waals surface area contributed by atoms with Crippen LogP contribution in [0.15, 0.2) is 29.3 Å². The molecule has 0 spiro atoms. The summed E-state index contributed by atoms with van der Waals surface area (Å²) in [5.41, 5.74) is 1.21. The van der Waals surface area contributed by atoms with Crippen molar-refractivity contribution >= 4 is 5.96 Å². The van der Waals surface area contributed by atoms with E-state index in [1.165, 1.54) is 24.9 Å². The third kappa shape index (κ3) is 6.40. The van der Waals surface area contributed by atoms with Gasteiger partial charge in [0.05, 0.1) is 19.7 Å². The minimum Gasteiger partial charge on any atom is -0.497 e. The molecule has 0 aliphatic carbocycles. The molecule has 1 aliphatic rings. The molecule has 0 radical (unpaired) electrons. The predicted octanol–water partition coefficient (Wildman–Crippen LogP) is 2.34. The average molecular weight is 376 g/mol. The second kappa shape index (κ2) is 11.1. The van der Waals surface area contributed by atoms with Gasteiger partial charge in [-0.1, -0.05) is 19.1 Å². The van der Waals surface area contributed by atoms with Gasteiger partial charge in [-0.2, -0.15) is 0 Å². The number of nitrogens with zero attached hydrogens (tertiary/aromatic N) is 3. The molecule has 6 nitrogen and oxygen atoms in total. The molecular formula is C21H37N5O. The van der Waals surface area contributed by atoms with E-state index in [2.05, 4.69) is 60.5 Å². The maximum atomic E-state index is 5.38. The molecule has 2 rings (SSSR count). The van der Waals surface area contributed by atoms with Crippen LogP contribution in [0.5, 0.6) is 5.75 Å². The number of rotatable bonds is 9. The van der Waals surface area contributed by atoms with E-state index in [1.54, 1.807) is 7.11 Å². The third-order valence-electron chi connectivity index (χ3n) is 5.28. The van der Waals surface area contributed by atoms with Gasteiger partial charge in [-0.3, -0.25) is 9.89 Å². The van der Waals surface area contributed by atoms with Gasteiger partial charge in [0.25, 0.3) is 0 Å². The van der Waals surface area contributed by atoms with Crippen LogP contribution in [0.1, 0.15) is 38.3 Å². The molecule has 1 aromatic carbocycles. The molecule has 0 aromatic heterocycles. The number of hydrogen-bond donors (Lipinski definition) is 2. The molecule has 0 saturated carbocycles. The Bertz CT molecular complexity index is 590. The van der Waals surface area contributed by atoms with Gasteiger partial charge in [-0.05, 0) is 64.6 Å². The number of methoxy groups -OCH3 is 1. The lowest BCUT2D eigenvalue weighted by Crippen LogP contribution is -2.45. The topological polar surface area (TPSA) is 52.1 Å². The highest BCUT2D eigenvalue weighted by Crippen LogP contribution is 2.23. The molecule has 1 fully saturated rings. The van der Waals surface area contributed by atoms with Crippen LogP contribution >= 0.6 is 0 Å². The lowest BCUT2D eigenvalue weighted by atomic mass is 10.1. The lowest BCUT2D eigenvalue weighted by molar-refractivity contribution is 0.266. The van der Waals surface area contributed by atoms with E-state index in [0.717, 1.165) is 31.3 Å². The molecule has 1 saturated heterocycles. The normalized spacial score (nSPS) is 19.3. The van der Waals surface area contributed by atoms with Crippen molar-refractivity contribution < 1.29 is 4.74 Å². The van der Waals surface area contributed by atoms with Crippen LogP contribution in [0.2, 0.25) is 0 Å². The summed E-state index contributed by atoms with van der Waals surface area (Å²) < 4.78 is 5.38. The van der Waals surface area contributed by atoms with Crippen LogP contribution in [0.3, 0.4) is 0 Å². The van der Waals surface area contributed by atoms with Gasteiger partial charge in [0.1, 0.15) is 5.75 Å². The van der Waals surface area contributed by atoms with Gasteiger partial charge >= 0.3 is 0 Å². The zero-order valence-corrected chi connectivity index (χ0v) is 17.7. The second-order valence-corrected chi connectivity index (χ2v) is 7.28. The Morgan fingerprint density at radius 3 is 2.81 bits per heavy atom. The number of guanidine groups is 1. The summed E-state index contributed by atoms with van der Waals surface area (Å²) in [6.07, 6.45) is 2.57. The smallest absolute Gasteiger partial charge is 0.191 e. The van der Waals surface area contributed by atoms with Gasteiger partial charge in [-0.25, -0.2) is 0 Å². The number of likely N-dealkylation sites (tertiary alicyclic amines) is 1. The van der Waals surface area contributed by atoms with Crippen molar-refractivity contribution in [3.8, 4) is 5.75 Å². The van der Waals surface area contributed by atoms with E-state index in [0.29, 0.717) is 12.6 Å². The van der Waals surface area contributed by atoms with Crippen LogP contribution in [0.4, 0.5) is 0 Å². The standard InChI is InChI=1S/C21H37N5O/c1-6-22-21(23-15-18-11-9-13-26(18)7-2)24-16-20(25(3)4)17-10-8-12-19(14-17)27-5/h8,10,12,14,18,20H,6-7,9,11,13,15-16H2,1-5H3,(H2,22,23,24). The van der Waals surface area contributed by atoms with Crippen molar-refractivity contribution in [2.24, 2.45) is 4.99 Å². The van der Waals surface area contributed by atoms with Crippen molar-refractivity contribution in [3.05, 3.63) is 29.8 Å². The molecule has 27 heavy (non-hydrogen) atoms. The molecule has 1 heterocycles. The zero-order valence-electron chi connectivity index (χ0n) is 17.7. The molecule has 2 unspecified atom stereocenters. The first kappa shape index (κ1) is 21.5. The third-order valence-corrected chi connectivity index (χ3v) is 5.28. The summed E-state index contributed by atoms with van der Waals surface area (Å²) in [6, 6.07) is 9.07. The molecule has 1 aromatic rings. The van der Waals surface area contributed by atoms with Crippen LogP contribution < -0.4 is 15.4 Å². The monoisotopic (exact) mass is 375 g/mol. The Labute approximate surface area is 165 Å². The molecular weight excluding hydrogens is 338 g/mol. The highest BCUT2D eigenvalue weighted by Gasteiger charge is 2.23. The van der Waals surface area contributed by atoms with E-state index in [4.69, 9.17) is 9.73 Å². The number of hydrogen-bond acceptors (Lipinski definition) is 4. The van der Waals surface area contributed by atoms with Crippen molar-refractivity contribution in [1.29, 1.82) is 0 Å². The SMILES string of the molecule is CCNC(=NCC(c1cccc(OC)c1)N(C)C)NCC1CCCN1CC. The summed E-state index contributed by atoms with van der Waals surface area (Å²) in [6.45, 7) is 9.20. The Balaban J connectivity index is 2.03. The molecule has 0 amide bonds. The first-order valence-corrected chi connectivity index (χ1v) is 10.2. The maximum Gasteiger partial charge on any atom is 0.191 e. The molecule has 2 atom stereocenters. The van der Waals surface area contributed by atoms with Crippen molar-refractivity contribution in [2.75, 3.05) is 53.9 Å². The van der Waals surface area contributed by atoms with Crippen molar-refractivity contribution in [2.45, 2.75) is 38.8 Å². The van der Waals surface area contributed by atoms with Crippen molar-refractivity contribution in [1.82, 2.24) is 20.4 Å². The van der Waals surface area contributed by atoms with Gasteiger partial charge in [-0.15, -0.1) is 0 Å². The Hall–Kier alpha value is -1.79. The lowest BCUT2D eigenvalue weighted by Gasteiger charge is -2.25. The van der Waals surface area contributed by atoms with Crippen LogP contribution in [-0.2, 0) is 0 Å². The second-order valence-electron chi connectivity index (χ2n) is 7.28. The summed E-state index contributed by atoms with van der Waals surface area (Å²) in [4.78, 5) is 9.63. The highest BCUT2D eigenvalue weighted by atomic mass is 16.5. The van der Waals surface area contributed by atoms with E-state index in [-0.39, 0.29) is 6.04 Å². The quantitative estimate of drug-likeness (QED) is 0.513. The van der Waals surface area contributed by atoms with Crippen LogP contribution in [0, 0.1) is 0 Å². The summed E-state index contributed by atoms with van der Waals surface area (Å²) in [7, 11) is 5.90.